The Morgan fingerprint density at radius 1 is 1.33 bits per heavy atom. The lowest BCUT2D eigenvalue weighted by Gasteiger charge is -2.18. The molecule has 3 rings (SSSR count). The predicted molar refractivity (Wildman–Crippen MR) is 80.4 cm³/mol. The molecule has 0 saturated heterocycles. The van der Waals surface area contributed by atoms with Crippen LogP contribution in [0.4, 0.5) is 0 Å². The Balaban J connectivity index is 1.91. The molecule has 0 unspecified atom stereocenters. The fourth-order valence-electron chi connectivity index (χ4n) is 2.32. The maximum atomic E-state index is 12.5. The molecule has 1 aromatic heterocycles. The lowest BCUT2D eigenvalue weighted by atomic mass is 10.0. The number of hydrogen-bond acceptors (Lipinski definition) is 3. The number of aromatic nitrogens is 2. The first kappa shape index (κ1) is 14.6. The first-order valence-electron chi connectivity index (χ1n) is 6.73. The van der Waals surface area contributed by atoms with Crippen LogP contribution in [0.15, 0.2) is 41.7 Å². The van der Waals surface area contributed by atoms with Gasteiger partial charge in [-0.15, -0.1) is 0 Å². The van der Waals surface area contributed by atoms with Gasteiger partial charge in [-0.1, -0.05) is 41.9 Å². The maximum absolute atomic E-state index is 12.5. The molecule has 1 fully saturated rings. The predicted octanol–water partition coefficient (Wildman–Crippen LogP) is 2.50. The molecule has 1 aromatic carbocycles. The van der Waals surface area contributed by atoms with Crippen LogP contribution in [0.2, 0.25) is 5.15 Å². The number of benzene rings is 1. The summed E-state index contributed by atoms with van der Waals surface area (Å²) in [6, 6.07) is 9.38. The Bertz CT molecular complexity index is 739. The van der Waals surface area contributed by atoms with Crippen LogP contribution in [0.25, 0.3) is 0 Å². The number of imidazole rings is 1. The van der Waals surface area contributed by atoms with Crippen LogP contribution in [0.5, 0.6) is 0 Å². The average Bonchev–Trinajstić information content (AvgIpc) is 3.24. The second kappa shape index (κ2) is 5.44. The quantitative estimate of drug-likeness (QED) is 0.918. The van der Waals surface area contributed by atoms with Gasteiger partial charge in [0, 0.05) is 13.1 Å². The van der Waals surface area contributed by atoms with Crippen molar-refractivity contribution in [2.45, 2.75) is 23.9 Å². The highest BCUT2D eigenvalue weighted by Crippen LogP contribution is 2.41. The summed E-state index contributed by atoms with van der Waals surface area (Å²) in [6.45, 7) is 0. The lowest BCUT2D eigenvalue weighted by Crippen LogP contribution is -2.30. The van der Waals surface area contributed by atoms with Crippen LogP contribution in [-0.2, 0) is 17.1 Å². The van der Waals surface area contributed by atoms with E-state index in [0.717, 1.165) is 18.4 Å². The van der Waals surface area contributed by atoms with E-state index in [0.29, 0.717) is 5.92 Å². The maximum Gasteiger partial charge on any atom is 0.261 e. The Kier molecular flexibility index (Phi) is 3.77. The van der Waals surface area contributed by atoms with Gasteiger partial charge < -0.3 is 4.57 Å². The Hall–Kier alpha value is -1.37. The normalized spacial score (nSPS) is 16.9. The molecule has 21 heavy (non-hydrogen) atoms. The summed E-state index contributed by atoms with van der Waals surface area (Å²) in [5.74, 6) is 0.338. The molecular weight excluding hydrogens is 310 g/mol. The van der Waals surface area contributed by atoms with Crippen LogP contribution in [-0.4, -0.2) is 18.0 Å². The molecule has 7 heteroatoms. The summed E-state index contributed by atoms with van der Waals surface area (Å²) in [5, 5.41) is -0.00152. The van der Waals surface area contributed by atoms with Gasteiger partial charge in [0.25, 0.3) is 10.0 Å². The fourth-order valence-corrected chi connectivity index (χ4v) is 4.05. The minimum Gasteiger partial charge on any atom is -0.324 e. The number of halogens is 1. The van der Waals surface area contributed by atoms with Gasteiger partial charge in [-0.05, 0) is 24.3 Å². The van der Waals surface area contributed by atoms with Crippen LogP contribution < -0.4 is 4.72 Å². The van der Waals surface area contributed by atoms with E-state index in [2.05, 4.69) is 9.71 Å². The minimum absolute atomic E-state index is 0.116. The Morgan fingerprint density at radius 3 is 2.52 bits per heavy atom. The number of aryl methyl sites for hydroxylation is 1. The van der Waals surface area contributed by atoms with Crippen molar-refractivity contribution in [3.05, 3.63) is 47.4 Å². The molecule has 1 aliphatic rings. The first-order chi connectivity index (χ1) is 9.99. The number of nitrogens with one attached hydrogen (secondary N) is 1. The van der Waals surface area contributed by atoms with Crippen LogP contribution >= 0.6 is 11.6 Å². The second-order valence-electron chi connectivity index (χ2n) is 5.30. The van der Waals surface area contributed by atoms with Gasteiger partial charge in [0.2, 0.25) is 5.03 Å². The summed E-state index contributed by atoms with van der Waals surface area (Å²) in [5.41, 5.74) is 0.968. The van der Waals surface area contributed by atoms with Crippen molar-refractivity contribution in [3.63, 3.8) is 0 Å². The van der Waals surface area contributed by atoms with Gasteiger partial charge in [-0.2, -0.15) is 0 Å². The van der Waals surface area contributed by atoms with Gasteiger partial charge >= 0.3 is 0 Å². The molecule has 112 valence electrons. The molecular formula is C14H16ClN3O2S. The van der Waals surface area contributed by atoms with Gasteiger partial charge in [0.1, 0.15) is 5.15 Å². The molecule has 0 bridgehead atoms. The van der Waals surface area contributed by atoms with E-state index in [4.69, 9.17) is 11.6 Å². The number of nitrogens with zero attached hydrogens (tertiary/aromatic N) is 2. The minimum atomic E-state index is -3.74. The van der Waals surface area contributed by atoms with Gasteiger partial charge in [-0.25, -0.2) is 18.1 Å². The fraction of sp³-hybridized carbons (Fsp3) is 0.357. The van der Waals surface area contributed by atoms with Crippen molar-refractivity contribution in [3.8, 4) is 0 Å². The van der Waals surface area contributed by atoms with E-state index in [-0.39, 0.29) is 16.2 Å². The van der Waals surface area contributed by atoms with E-state index >= 15 is 0 Å². The molecule has 1 saturated carbocycles. The van der Waals surface area contributed by atoms with E-state index < -0.39 is 10.0 Å². The van der Waals surface area contributed by atoms with E-state index in [1.54, 1.807) is 7.05 Å². The van der Waals surface area contributed by atoms with Crippen molar-refractivity contribution in [2.24, 2.45) is 13.0 Å². The number of rotatable bonds is 5. The lowest BCUT2D eigenvalue weighted by molar-refractivity contribution is 0.527. The second-order valence-corrected chi connectivity index (χ2v) is 7.29. The zero-order chi connectivity index (χ0) is 15.0. The summed E-state index contributed by atoms with van der Waals surface area (Å²) in [6.07, 6.45) is 3.45. The van der Waals surface area contributed by atoms with Crippen molar-refractivity contribution in [1.82, 2.24) is 14.3 Å². The number of sulfonamides is 1. The third kappa shape index (κ3) is 2.97. The molecule has 5 nitrogen and oxygen atoms in total. The highest BCUT2D eigenvalue weighted by molar-refractivity contribution is 7.89. The van der Waals surface area contributed by atoms with Crippen LogP contribution in [0.3, 0.4) is 0 Å². The third-order valence-corrected chi connectivity index (χ3v) is 5.55. The topological polar surface area (TPSA) is 64.0 Å². The molecule has 0 radical (unpaired) electrons. The van der Waals surface area contributed by atoms with Crippen molar-refractivity contribution in [2.75, 3.05) is 0 Å². The van der Waals surface area contributed by atoms with E-state index in [1.165, 1.54) is 10.9 Å². The highest BCUT2D eigenvalue weighted by Gasteiger charge is 2.36. The Labute approximate surface area is 129 Å². The van der Waals surface area contributed by atoms with Crippen LogP contribution in [0, 0.1) is 5.92 Å². The van der Waals surface area contributed by atoms with Crippen molar-refractivity contribution >= 4 is 21.6 Å². The molecule has 2 aromatic rings. The van der Waals surface area contributed by atoms with Gasteiger partial charge in [-0.3, -0.25) is 0 Å². The summed E-state index contributed by atoms with van der Waals surface area (Å²) in [7, 11) is -2.08. The average molecular weight is 326 g/mol. The van der Waals surface area contributed by atoms with Crippen LogP contribution in [0.1, 0.15) is 24.4 Å². The molecule has 0 aliphatic heterocycles. The van der Waals surface area contributed by atoms with Gasteiger partial charge in [0.15, 0.2) is 0 Å². The molecule has 1 heterocycles. The number of hydrogen-bond donors (Lipinski definition) is 1. The Morgan fingerprint density at radius 2 is 2.00 bits per heavy atom. The standard InChI is InChI=1S/C14H16ClN3O2S/c1-18-9-16-14(13(18)15)21(19,20)17-12(11-7-8-11)10-5-3-2-4-6-10/h2-6,9,11-12,17H,7-8H2,1H3/t12-/m1/s1. The van der Waals surface area contributed by atoms with E-state index in [9.17, 15) is 8.42 Å². The highest BCUT2D eigenvalue weighted by atomic mass is 35.5. The zero-order valence-corrected chi connectivity index (χ0v) is 13.1. The molecule has 1 N–H and O–H groups in total. The molecule has 0 spiro atoms. The molecule has 1 atom stereocenters. The summed E-state index contributed by atoms with van der Waals surface area (Å²) >= 11 is 6.00. The van der Waals surface area contributed by atoms with Gasteiger partial charge in [0.05, 0.1) is 6.33 Å². The monoisotopic (exact) mass is 325 g/mol. The van der Waals surface area contributed by atoms with Crippen molar-refractivity contribution < 1.29 is 8.42 Å². The zero-order valence-electron chi connectivity index (χ0n) is 11.5. The third-order valence-electron chi connectivity index (χ3n) is 3.62. The molecule has 1 aliphatic carbocycles. The summed E-state index contributed by atoms with van der Waals surface area (Å²) in [4.78, 5) is 3.89. The van der Waals surface area contributed by atoms with Crippen molar-refractivity contribution in [1.29, 1.82) is 0 Å². The summed E-state index contributed by atoms with van der Waals surface area (Å²) < 4.78 is 29.3. The smallest absolute Gasteiger partial charge is 0.261 e. The van der Waals surface area contributed by atoms with E-state index in [1.807, 2.05) is 30.3 Å². The SMILES string of the molecule is Cn1cnc(S(=O)(=O)N[C@H](c2ccccc2)C2CC2)c1Cl. The largest absolute Gasteiger partial charge is 0.324 e. The molecule has 0 amide bonds. The first-order valence-corrected chi connectivity index (χ1v) is 8.59.